The number of halogens is 1. The fourth-order valence-electron chi connectivity index (χ4n) is 1.29. The van der Waals surface area contributed by atoms with Gasteiger partial charge in [-0.3, -0.25) is 4.79 Å². The molecule has 0 amide bonds. The van der Waals surface area contributed by atoms with Gasteiger partial charge in [0.25, 0.3) is 0 Å². The molecule has 0 saturated heterocycles. The molecule has 4 heteroatoms. The molecule has 0 aliphatic rings. The van der Waals surface area contributed by atoms with Gasteiger partial charge in [0.05, 0.1) is 12.5 Å². The molecular formula is C10H19BrO3. The zero-order valence-electron chi connectivity index (χ0n) is 8.58. The second-order valence-electron chi connectivity index (χ2n) is 3.67. The maximum atomic E-state index is 10.2. The monoisotopic (exact) mass is 266 g/mol. The van der Waals surface area contributed by atoms with Gasteiger partial charge in [-0.2, -0.15) is 0 Å². The van der Waals surface area contributed by atoms with E-state index in [1.54, 1.807) is 0 Å². The summed E-state index contributed by atoms with van der Waals surface area (Å²) in [5, 5.41) is 17.6. The fourth-order valence-corrected chi connectivity index (χ4v) is 1.61. The molecule has 3 nitrogen and oxygen atoms in total. The zero-order valence-corrected chi connectivity index (χ0v) is 10.2. The summed E-state index contributed by atoms with van der Waals surface area (Å²) in [6.45, 7) is 2.11. The molecule has 0 aliphatic heterocycles. The number of rotatable bonds is 8. The number of hydrogen-bond donors (Lipinski definition) is 2. The fraction of sp³-hybridized carbons (Fsp3) is 0.900. The predicted molar refractivity (Wildman–Crippen MR) is 59.7 cm³/mol. The highest BCUT2D eigenvalue weighted by molar-refractivity contribution is 9.09. The normalized spacial score (nSPS) is 15.1. The first-order valence-electron chi connectivity index (χ1n) is 5.06. The lowest BCUT2D eigenvalue weighted by Gasteiger charge is -2.07. The van der Waals surface area contributed by atoms with Gasteiger partial charge in [0, 0.05) is 4.83 Å². The Bertz CT molecular complexity index is 159. The molecule has 0 aromatic heterocycles. The molecule has 2 unspecified atom stereocenters. The van der Waals surface area contributed by atoms with E-state index in [4.69, 9.17) is 5.11 Å². The summed E-state index contributed by atoms with van der Waals surface area (Å²) in [7, 11) is 0. The Labute approximate surface area is 93.6 Å². The van der Waals surface area contributed by atoms with Gasteiger partial charge in [-0.1, -0.05) is 42.1 Å². The molecule has 0 aliphatic carbocycles. The standard InChI is InChI=1S/C10H19BrO3/c1-8(11)5-3-2-4-6-9(12)7-10(13)14/h8-9,12H,2-7H2,1H3,(H,13,14). The van der Waals surface area contributed by atoms with Crippen molar-refractivity contribution in [1.29, 1.82) is 0 Å². The van der Waals surface area contributed by atoms with Crippen LogP contribution >= 0.6 is 15.9 Å². The Morgan fingerprint density at radius 1 is 1.29 bits per heavy atom. The minimum absolute atomic E-state index is 0.130. The van der Waals surface area contributed by atoms with Gasteiger partial charge in [0.1, 0.15) is 0 Å². The van der Waals surface area contributed by atoms with Crippen LogP contribution in [0, 0.1) is 0 Å². The maximum absolute atomic E-state index is 10.2. The summed E-state index contributed by atoms with van der Waals surface area (Å²) in [5.41, 5.74) is 0. The minimum Gasteiger partial charge on any atom is -0.481 e. The van der Waals surface area contributed by atoms with Crippen LogP contribution in [0.4, 0.5) is 0 Å². The quantitative estimate of drug-likeness (QED) is 0.525. The summed E-state index contributed by atoms with van der Waals surface area (Å²) < 4.78 is 0. The van der Waals surface area contributed by atoms with Gasteiger partial charge in [0.15, 0.2) is 0 Å². The van der Waals surface area contributed by atoms with Gasteiger partial charge in [-0.05, 0) is 12.8 Å². The summed E-state index contributed by atoms with van der Waals surface area (Å²) >= 11 is 3.46. The van der Waals surface area contributed by atoms with Crippen molar-refractivity contribution in [3.05, 3.63) is 0 Å². The average molecular weight is 267 g/mol. The van der Waals surface area contributed by atoms with E-state index in [9.17, 15) is 9.90 Å². The molecule has 2 N–H and O–H groups in total. The molecule has 0 aromatic carbocycles. The number of unbranched alkanes of at least 4 members (excludes halogenated alkanes) is 2. The molecule has 2 atom stereocenters. The van der Waals surface area contributed by atoms with Gasteiger partial charge in [-0.15, -0.1) is 0 Å². The lowest BCUT2D eigenvalue weighted by atomic mass is 10.1. The van der Waals surface area contributed by atoms with E-state index < -0.39 is 12.1 Å². The van der Waals surface area contributed by atoms with Gasteiger partial charge < -0.3 is 10.2 Å². The molecule has 0 radical (unpaired) electrons. The van der Waals surface area contributed by atoms with Gasteiger partial charge in [0.2, 0.25) is 0 Å². The van der Waals surface area contributed by atoms with E-state index in [0.717, 1.165) is 25.7 Å². The minimum atomic E-state index is -0.924. The Hall–Kier alpha value is -0.0900. The second-order valence-corrected chi connectivity index (χ2v) is 5.23. The van der Waals surface area contributed by atoms with Crippen LogP contribution in [0.3, 0.4) is 0 Å². The first-order valence-corrected chi connectivity index (χ1v) is 5.98. The molecule has 0 rings (SSSR count). The number of aliphatic carboxylic acids is 1. The van der Waals surface area contributed by atoms with Crippen molar-refractivity contribution in [3.8, 4) is 0 Å². The number of aliphatic hydroxyl groups excluding tert-OH is 1. The Morgan fingerprint density at radius 3 is 2.36 bits per heavy atom. The molecule has 0 spiro atoms. The second kappa shape index (κ2) is 8.24. The smallest absolute Gasteiger partial charge is 0.305 e. The largest absolute Gasteiger partial charge is 0.481 e. The Morgan fingerprint density at radius 2 is 1.86 bits per heavy atom. The first-order chi connectivity index (χ1) is 6.52. The van der Waals surface area contributed by atoms with Crippen molar-refractivity contribution in [1.82, 2.24) is 0 Å². The van der Waals surface area contributed by atoms with E-state index in [1.165, 1.54) is 0 Å². The predicted octanol–water partition coefficient (Wildman–Crippen LogP) is 2.56. The summed E-state index contributed by atoms with van der Waals surface area (Å²) in [6, 6.07) is 0. The zero-order chi connectivity index (χ0) is 11.0. The van der Waals surface area contributed by atoms with Gasteiger partial charge >= 0.3 is 5.97 Å². The van der Waals surface area contributed by atoms with E-state index in [0.29, 0.717) is 11.2 Å². The van der Waals surface area contributed by atoms with Crippen LogP contribution in [0.25, 0.3) is 0 Å². The third kappa shape index (κ3) is 9.99. The molecular weight excluding hydrogens is 248 g/mol. The summed E-state index contributed by atoms with van der Waals surface area (Å²) in [6.07, 6.45) is 4.04. The average Bonchev–Trinajstić information content (AvgIpc) is 2.01. The molecule has 84 valence electrons. The number of carboxylic acid groups (broad SMARTS) is 1. The third-order valence-electron chi connectivity index (χ3n) is 2.05. The molecule has 14 heavy (non-hydrogen) atoms. The SMILES string of the molecule is CC(Br)CCCCCC(O)CC(=O)O. The van der Waals surface area contributed by atoms with Gasteiger partial charge in [-0.25, -0.2) is 0 Å². The number of carbonyl (C=O) groups is 1. The first kappa shape index (κ1) is 13.9. The summed E-state index contributed by atoms with van der Waals surface area (Å²) in [5.74, 6) is -0.924. The van der Waals surface area contributed by atoms with Crippen molar-refractivity contribution < 1.29 is 15.0 Å². The van der Waals surface area contributed by atoms with Crippen LogP contribution in [0.5, 0.6) is 0 Å². The van der Waals surface area contributed by atoms with Crippen LogP contribution in [-0.2, 0) is 4.79 Å². The van der Waals surface area contributed by atoms with Crippen LogP contribution < -0.4 is 0 Å². The Kier molecular flexibility index (Phi) is 8.18. The van der Waals surface area contributed by atoms with E-state index in [1.807, 2.05) is 0 Å². The van der Waals surface area contributed by atoms with Crippen molar-refractivity contribution in [3.63, 3.8) is 0 Å². The number of alkyl halides is 1. The third-order valence-corrected chi connectivity index (χ3v) is 2.51. The highest BCUT2D eigenvalue weighted by Gasteiger charge is 2.08. The van der Waals surface area contributed by atoms with E-state index in [-0.39, 0.29) is 6.42 Å². The number of carboxylic acids is 1. The number of hydrogen-bond acceptors (Lipinski definition) is 2. The molecule has 0 aromatic rings. The van der Waals surface area contributed by atoms with Crippen LogP contribution in [0.15, 0.2) is 0 Å². The van der Waals surface area contributed by atoms with Crippen LogP contribution in [0.1, 0.15) is 45.4 Å². The molecule has 0 heterocycles. The summed E-state index contributed by atoms with van der Waals surface area (Å²) in [4.78, 5) is 10.8. The van der Waals surface area contributed by atoms with Crippen molar-refractivity contribution in [2.24, 2.45) is 0 Å². The topological polar surface area (TPSA) is 57.5 Å². The van der Waals surface area contributed by atoms with E-state index in [2.05, 4.69) is 22.9 Å². The highest BCUT2D eigenvalue weighted by atomic mass is 79.9. The van der Waals surface area contributed by atoms with Crippen LogP contribution in [-0.4, -0.2) is 27.1 Å². The van der Waals surface area contributed by atoms with Crippen molar-refractivity contribution in [2.75, 3.05) is 0 Å². The Balaban J connectivity index is 3.23. The lowest BCUT2D eigenvalue weighted by Crippen LogP contribution is -2.12. The molecule has 0 fully saturated rings. The lowest BCUT2D eigenvalue weighted by molar-refractivity contribution is -0.139. The van der Waals surface area contributed by atoms with Crippen molar-refractivity contribution in [2.45, 2.75) is 56.4 Å². The maximum Gasteiger partial charge on any atom is 0.305 e. The highest BCUT2D eigenvalue weighted by Crippen LogP contribution is 2.12. The molecule has 0 saturated carbocycles. The molecule has 0 bridgehead atoms. The van der Waals surface area contributed by atoms with Crippen LogP contribution in [0.2, 0.25) is 0 Å². The number of aliphatic hydroxyl groups is 1. The van der Waals surface area contributed by atoms with E-state index >= 15 is 0 Å². The van der Waals surface area contributed by atoms with Crippen molar-refractivity contribution >= 4 is 21.9 Å².